The molecule has 0 spiro atoms. The van der Waals surface area contributed by atoms with Crippen molar-refractivity contribution in [1.29, 1.82) is 0 Å². The number of ether oxygens (including phenoxy) is 1. The summed E-state index contributed by atoms with van der Waals surface area (Å²) in [7, 11) is 0. The van der Waals surface area contributed by atoms with Crippen LogP contribution in [0.15, 0.2) is 24.3 Å². The van der Waals surface area contributed by atoms with Gasteiger partial charge in [-0.1, -0.05) is 29.8 Å². The fourth-order valence-corrected chi connectivity index (χ4v) is 2.76. The number of carboxylic acids is 1. The topological polar surface area (TPSA) is 63.6 Å². The van der Waals surface area contributed by atoms with Gasteiger partial charge in [-0.25, -0.2) is 4.79 Å². The Kier molecular flexibility index (Phi) is 6.09. The molecule has 0 aliphatic carbocycles. The van der Waals surface area contributed by atoms with Crippen LogP contribution in [0, 0.1) is 3.57 Å². The second-order valence-corrected chi connectivity index (χ2v) is 5.59. The number of hydrogen-bond acceptors (Lipinski definition) is 3. The average Bonchev–Trinajstić information content (AvgIpc) is 2.30. The zero-order valence-electron chi connectivity index (χ0n) is 9.58. The van der Waals surface area contributed by atoms with Crippen LogP contribution in [0.25, 0.3) is 0 Å². The number of rotatable bonds is 5. The number of esters is 1. The molecule has 0 atom stereocenters. The van der Waals surface area contributed by atoms with Crippen LogP contribution in [-0.2, 0) is 9.59 Å². The summed E-state index contributed by atoms with van der Waals surface area (Å²) in [6.07, 6.45) is -0.0594. The highest BCUT2D eigenvalue weighted by Crippen LogP contribution is 2.33. The van der Waals surface area contributed by atoms with Gasteiger partial charge in [0.25, 0.3) is 0 Å². The summed E-state index contributed by atoms with van der Waals surface area (Å²) in [5, 5.41) is 9.28. The molecule has 0 aromatic heterocycles. The number of carbonyl (C=O) groups is 2. The van der Waals surface area contributed by atoms with Gasteiger partial charge in [0.1, 0.15) is 0 Å². The van der Waals surface area contributed by atoms with Gasteiger partial charge in [-0.15, -0.1) is 0 Å². The molecular formula is C12H9Cl2IO4. The minimum absolute atomic E-state index is 0.0238. The van der Waals surface area contributed by atoms with E-state index in [9.17, 15) is 9.59 Å². The molecule has 7 heteroatoms. The molecule has 0 amide bonds. The lowest BCUT2D eigenvalue weighted by atomic mass is 10.2. The minimum Gasteiger partial charge on any atom is -0.478 e. The van der Waals surface area contributed by atoms with E-state index in [1.165, 1.54) is 6.07 Å². The molecule has 0 bridgehead atoms. The fraction of sp³-hybridized carbons (Fsp3) is 0.167. The lowest BCUT2D eigenvalue weighted by Gasteiger charge is -2.09. The number of benzene rings is 1. The molecule has 0 fully saturated rings. The zero-order chi connectivity index (χ0) is 14.6. The summed E-state index contributed by atoms with van der Waals surface area (Å²) in [6, 6.07) is 3.07. The van der Waals surface area contributed by atoms with Crippen molar-refractivity contribution >= 4 is 57.7 Å². The van der Waals surface area contributed by atoms with Gasteiger partial charge in [-0.05, 0) is 41.1 Å². The third-order valence-corrected chi connectivity index (χ3v) is 3.41. The monoisotopic (exact) mass is 414 g/mol. The number of hydrogen-bond donors (Lipinski definition) is 1. The van der Waals surface area contributed by atoms with Crippen molar-refractivity contribution in [3.05, 3.63) is 37.9 Å². The summed E-state index contributed by atoms with van der Waals surface area (Å²) in [5.41, 5.74) is -0.0474. The predicted molar refractivity (Wildman–Crippen MR) is 80.8 cm³/mol. The number of carboxylic acid groups (broad SMARTS) is 1. The fourth-order valence-electron chi connectivity index (χ4n) is 1.15. The molecule has 1 N–H and O–H groups in total. The summed E-state index contributed by atoms with van der Waals surface area (Å²) in [6.45, 7) is 3.33. The van der Waals surface area contributed by atoms with Crippen LogP contribution in [0.5, 0.6) is 5.75 Å². The largest absolute Gasteiger partial charge is 0.478 e. The zero-order valence-corrected chi connectivity index (χ0v) is 13.3. The molecule has 102 valence electrons. The van der Waals surface area contributed by atoms with Crippen molar-refractivity contribution in [2.24, 2.45) is 0 Å². The normalized spacial score (nSPS) is 10.1. The lowest BCUT2D eigenvalue weighted by molar-refractivity contribution is -0.134. The molecule has 0 saturated heterocycles. The molecule has 4 nitrogen and oxygen atoms in total. The second kappa shape index (κ2) is 7.12. The third-order valence-electron chi connectivity index (χ3n) is 2.11. The first kappa shape index (κ1) is 16.3. The highest BCUT2D eigenvalue weighted by atomic mass is 127. The molecule has 1 aromatic carbocycles. The Balaban J connectivity index is 2.68. The van der Waals surface area contributed by atoms with E-state index in [1.807, 2.05) is 22.6 Å². The summed E-state index contributed by atoms with van der Waals surface area (Å²) in [4.78, 5) is 22.1. The van der Waals surface area contributed by atoms with Gasteiger partial charge in [-0.2, -0.15) is 0 Å². The van der Waals surface area contributed by atoms with E-state index in [0.717, 1.165) is 0 Å². The van der Waals surface area contributed by atoms with Crippen LogP contribution in [-0.4, -0.2) is 17.0 Å². The third kappa shape index (κ3) is 5.00. The highest BCUT2D eigenvalue weighted by molar-refractivity contribution is 14.1. The maximum absolute atomic E-state index is 11.6. The molecule has 19 heavy (non-hydrogen) atoms. The molecule has 0 radical (unpaired) electrons. The van der Waals surface area contributed by atoms with E-state index in [4.69, 9.17) is 33.0 Å². The Morgan fingerprint density at radius 3 is 2.47 bits per heavy atom. The van der Waals surface area contributed by atoms with Gasteiger partial charge < -0.3 is 9.84 Å². The van der Waals surface area contributed by atoms with Gasteiger partial charge in [0.15, 0.2) is 5.75 Å². The van der Waals surface area contributed by atoms with Crippen molar-refractivity contribution in [3.63, 3.8) is 0 Å². The van der Waals surface area contributed by atoms with Crippen molar-refractivity contribution in [3.8, 4) is 5.75 Å². The number of halogens is 3. The first-order chi connectivity index (χ1) is 8.81. The predicted octanol–water partition coefficient (Wildman–Crippen LogP) is 3.92. The van der Waals surface area contributed by atoms with Crippen LogP contribution in [0.3, 0.4) is 0 Å². The molecular weight excluding hydrogens is 406 g/mol. The Bertz CT molecular complexity index is 520. The van der Waals surface area contributed by atoms with Crippen LogP contribution in [0.4, 0.5) is 0 Å². The summed E-state index contributed by atoms with van der Waals surface area (Å²) < 4.78 is 5.69. The van der Waals surface area contributed by atoms with Crippen LogP contribution in [0.2, 0.25) is 10.0 Å². The quantitative estimate of drug-likeness (QED) is 0.343. The van der Waals surface area contributed by atoms with Gasteiger partial charge >= 0.3 is 11.9 Å². The Morgan fingerprint density at radius 2 is 1.95 bits per heavy atom. The number of aliphatic carboxylic acids is 1. The minimum atomic E-state index is -1.13. The van der Waals surface area contributed by atoms with Crippen molar-refractivity contribution in [1.82, 2.24) is 0 Å². The lowest BCUT2D eigenvalue weighted by Crippen LogP contribution is -2.11. The first-order valence-corrected chi connectivity index (χ1v) is 6.91. The summed E-state index contributed by atoms with van der Waals surface area (Å²) >= 11 is 13.6. The Labute approximate surface area is 133 Å². The van der Waals surface area contributed by atoms with E-state index in [2.05, 4.69) is 6.58 Å². The molecule has 1 aromatic rings. The van der Waals surface area contributed by atoms with Crippen LogP contribution < -0.4 is 4.74 Å². The summed E-state index contributed by atoms with van der Waals surface area (Å²) in [5.74, 6) is -1.49. The maximum atomic E-state index is 11.6. The molecule has 0 heterocycles. The van der Waals surface area contributed by atoms with Crippen LogP contribution in [0.1, 0.15) is 12.8 Å². The number of carbonyl (C=O) groups excluding carboxylic acids is 1. The van der Waals surface area contributed by atoms with E-state index >= 15 is 0 Å². The van der Waals surface area contributed by atoms with Gasteiger partial charge in [0, 0.05) is 10.6 Å². The first-order valence-electron chi connectivity index (χ1n) is 5.07. The van der Waals surface area contributed by atoms with E-state index in [1.54, 1.807) is 6.07 Å². The average molecular weight is 415 g/mol. The van der Waals surface area contributed by atoms with Crippen molar-refractivity contribution < 1.29 is 19.4 Å². The van der Waals surface area contributed by atoms with E-state index in [-0.39, 0.29) is 29.2 Å². The van der Waals surface area contributed by atoms with Gasteiger partial charge in [0.05, 0.1) is 15.0 Å². The Morgan fingerprint density at radius 1 is 1.32 bits per heavy atom. The molecule has 0 saturated carbocycles. The maximum Gasteiger partial charge on any atom is 0.330 e. The second-order valence-electron chi connectivity index (χ2n) is 3.58. The standard InChI is InChI=1S/C12H9Cl2IO4/c1-6(12(17)18)2-3-10(16)19-11-8(14)4-7(13)5-9(11)15/h4-5H,1-3H2,(H,17,18). The van der Waals surface area contributed by atoms with Crippen molar-refractivity contribution in [2.45, 2.75) is 12.8 Å². The van der Waals surface area contributed by atoms with E-state index < -0.39 is 11.9 Å². The smallest absolute Gasteiger partial charge is 0.330 e. The van der Waals surface area contributed by atoms with E-state index in [0.29, 0.717) is 8.59 Å². The van der Waals surface area contributed by atoms with Gasteiger partial charge in [-0.3, -0.25) is 4.79 Å². The SMILES string of the molecule is C=C(CCC(=O)Oc1c(Cl)cc(Cl)cc1I)C(=O)O. The van der Waals surface area contributed by atoms with Crippen LogP contribution >= 0.6 is 45.8 Å². The molecule has 0 unspecified atom stereocenters. The van der Waals surface area contributed by atoms with Gasteiger partial charge in [0.2, 0.25) is 0 Å². The molecule has 0 aliphatic heterocycles. The highest BCUT2D eigenvalue weighted by Gasteiger charge is 2.14. The molecule has 0 aliphatic rings. The Hall–Kier alpha value is -0.790. The molecule has 1 rings (SSSR count). The van der Waals surface area contributed by atoms with Crippen molar-refractivity contribution in [2.75, 3.05) is 0 Å².